The van der Waals surface area contributed by atoms with E-state index in [0.717, 1.165) is 42.5 Å². The average Bonchev–Trinajstić information content (AvgIpc) is 2.46. The predicted octanol–water partition coefficient (Wildman–Crippen LogP) is 4.17. The molecule has 1 aliphatic heterocycles. The van der Waals surface area contributed by atoms with E-state index in [-0.39, 0.29) is 0 Å². The molecule has 0 N–H and O–H groups in total. The van der Waals surface area contributed by atoms with Gasteiger partial charge in [0.05, 0.1) is 0 Å². The summed E-state index contributed by atoms with van der Waals surface area (Å²) in [6.45, 7) is 2.18. The summed E-state index contributed by atoms with van der Waals surface area (Å²) in [4.78, 5) is 13.6. The Hall–Kier alpha value is -1.02. The Kier molecular flexibility index (Phi) is 3.79. The van der Waals surface area contributed by atoms with Gasteiger partial charge < -0.3 is 4.90 Å². The minimum absolute atomic E-state index is 0.637. The molecule has 1 aliphatic carbocycles. The fourth-order valence-electron chi connectivity index (χ4n) is 3.73. The van der Waals surface area contributed by atoms with Crippen LogP contribution < -0.4 is 4.90 Å². The zero-order valence-electron chi connectivity index (χ0n) is 11.1. The largest absolute Gasteiger partial charge is 0.371 e. The Bertz CT molecular complexity index is 474. The molecule has 2 atom stereocenters. The number of rotatable bonds is 2. The standard InChI is InChI=1S/C16H20ClNO/c17-15-5-6-16(14(9-15)11-19)18-8-7-12-3-1-2-4-13(12)10-18/h5-6,9,11-13H,1-4,7-8,10H2. The average molecular weight is 278 g/mol. The maximum Gasteiger partial charge on any atom is 0.152 e. The van der Waals surface area contributed by atoms with Gasteiger partial charge in [-0.2, -0.15) is 0 Å². The van der Waals surface area contributed by atoms with Crippen molar-refractivity contribution < 1.29 is 4.79 Å². The summed E-state index contributed by atoms with van der Waals surface area (Å²) < 4.78 is 0. The summed E-state index contributed by atoms with van der Waals surface area (Å²) in [5, 5.41) is 0.637. The molecule has 2 fully saturated rings. The van der Waals surface area contributed by atoms with Crippen molar-refractivity contribution in [2.24, 2.45) is 11.8 Å². The second kappa shape index (κ2) is 5.54. The Morgan fingerprint density at radius 2 is 1.95 bits per heavy atom. The zero-order chi connectivity index (χ0) is 13.2. The molecule has 1 saturated carbocycles. The highest BCUT2D eigenvalue weighted by molar-refractivity contribution is 6.31. The monoisotopic (exact) mass is 277 g/mol. The summed E-state index contributed by atoms with van der Waals surface area (Å²) in [6.07, 6.45) is 7.72. The van der Waals surface area contributed by atoms with E-state index in [4.69, 9.17) is 11.6 Å². The van der Waals surface area contributed by atoms with Crippen LogP contribution >= 0.6 is 11.6 Å². The fraction of sp³-hybridized carbons (Fsp3) is 0.562. The first-order valence-corrected chi connectivity index (χ1v) is 7.65. The van der Waals surface area contributed by atoms with Gasteiger partial charge in [0.1, 0.15) is 0 Å². The summed E-state index contributed by atoms with van der Waals surface area (Å²) >= 11 is 5.97. The van der Waals surface area contributed by atoms with Crippen molar-refractivity contribution in [1.29, 1.82) is 0 Å². The zero-order valence-corrected chi connectivity index (χ0v) is 11.9. The lowest BCUT2D eigenvalue weighted by Crippen LogP contribution is -2.42. The molecule has 0 amide bonds. The number of hydrogen-bond donors (Lipinski definition) is 0. The minimum Gasteiger partial charge on any atom is -0.371 e. The molecule has 0 bridgehead atoms. The molecule has 0 aromatic heterocycles. The molecule has 2 unspecified atom stereocenters. The van der Waals surface area contributed by atoms with Crippen LogP contribution in [0.15, 0.2) is 18.2 Å². The highest BCUT2D eigenvalue weighted by Gasteiger charge is 2.31. The summed E-state index contributed by atoms with van der Waals surface area (Å²) in [6, 6.07) is 5.66. The molecule has 2 aliphatic rings. The lowest BCUT2D eigenvalue weighted by Gasteiger charge is -2.42. The molecule has 0 spiro atoms. The van der Waals surface area contributed by atoms with Gasteiger partial charge >= 0.3 is 0 Å². The molecule has 1 heterocycles. The van der Waals surface area contributed by atoms with Gasteiger partial charge in [0.25, 0.3) is 0 Å². The molecule has 19 heavy (non-hydrogen) atoms. The van der Waals surface area contributed by atoms with Gasteiger partial charge in [-0.15, -0.1) is 0 Å². The molecule has 1 aromatic carbocycles. The minimum atomic E-state index is 0.637. The maximum absolute atomic E-state index is 11.2. The molecule has 3 rings (SSSR count). The molecule has 1 saturated heterocycles. The quantitative estimate of drug-likeness (QED) is 0.756. The van der Waals surface area contributed by atoms with Crippen LogP contribution in [0.25, 0.3) is 0 Å². The Labute approximate surface area is 119 Å². The first-order chi connectivity index (χ1) is 9.28. The highest BCUT2D eigenvalue weighted by atomic mass is 35.5. The van der Waals surface area contributed by atoms with Crippen LogP contribution in [0.4, 0.5) is 5.69 Å². The van der Waals surface area contributed by atoms with E-state index in [1.54, 1.807) is 6.07 Å². The van der Waals surface area contributed by atoms with E-state index in [0.29, 0.717) is 5.02 Å². The number of nitrogens with zero attached hydrogens (tertiary/aromatic N) is 1. The van der Waals surface area contributed by atoms with Gasteiger partial charge in [0.2, 0.25) is 0 Å². The Morgan fingerprint density at radius 1 is 1.16 bits per heavy atom. The second-order valence-corrected chi connectivity index (χ2v) is 6.30. The summed E-state index contributed by atoms with van der Waals surface area (Å²) in [5.74, 6) is 1.73. The van der Waals surface area contributed by atoms with Crippen LogP contribution in [-0.4, -0.2) is 19.4 Å². The normalized spacial score (nSPS) is 26.9. The van der Waals surface area contributed by atoms with E-state index >= 15 is 0 Å². The number of fused-ring (bicyclic) bond motifs is 1. The number of benzene rings is 1. The molecular formula is C16H20ClNO. The first kappa shape index (κ1) is 13.0. The number of aldehydes is 1. The lowest BCUT2D eigenvalue weighted by atomic mass is 9.75. The van der Waals surface area contributed by atoms with Gasteiger partial charge in [0, 0.05) is 29.4 Å². The molecular weight excluding hydrogens is 258 g/mol. The van der Waals surface area contributed by atoms with Crippen molar-refractivity contribution in [2.45, 2.75) is 32.1 Å². The van der Waals surface area contributed by atoms with Crippen molar-refractivity contribution >= 4 is 23.6 Å². The first-order valence-electron chi connectivity index (χ1n) is 7.27. The molecule has 2 nitrogen and oxygen atoms in total. The molecule has 0 radical (unpaired) electrons. The van der Waals surface area contributed by atoms with Crippen molar-refractivity contribution in [3.05, 3.63) is 28.8 Å². The number of carbonyl (C=O) groups is 1. The summed E-state index contributed by atoms with van der Waals surface area (Å²) in [7, 11) is 0. The predicted molar refractivity (Wildman–Crippen MR) is 79.1 cm³/mol. The summed E-state index contributed by atoms with van der Waals surface area (Å²) in [5.41, 5.74) is 1.78. The topological polar surface area (TPSA) is 20.3 Å². The lowest BCUT2D eigenvalue weighted by molar-refractivity contribution is 0.112. The van der Waals surface area contributed by atoms with Crippen LogP contribution in [-0.2, 0) is 0 Å². The number of piperidine rings is 1. The van der Waals surface area contributed by atoms with Gasteiger partial charge in [-0.05, 0) is 42.9 Å². The van der Waals surface area contributed by atoms with E-state index < -0.39 is 0 Å². The van der Waals surface area contributed by atoms with Crippen LogP contribution in [0.2, 0.25) is 5.02 Å². The SMILES string of the molecule is O=Cc1cc(Cl)ccc1N1CCC2CCCCC2C1. The third-order valence-corrected chi connectivity index (χ3v) is 4.98. The number of hydrogen-bond acceptors (Lipinski definition) is 2. The third-order valence-electron chi connectivity index (χ3n) is 4.75. The van der Waals surface area contributed by atoms with Crippen molar-refractivity contribution in [2.75, 3.05) is 18.0 Å². The van der Waals surface area contributed by atoms with Gasteiger partial charge in [0.15, 0.2) is 6.29 Å². The molecule has 3 heteroatoms. The maximum atomic E-state index is 11.2. The number of carbonyl (C=O) groups excluding carboxylic acids is 1. The van der Waals surface area contributed by atoms with Gasteiger partial charge in [-0.3, -0.25) is 4.79 Å². The van der Waals surface area contributed by atoms with Crippen molar-refractivity contribution in [3.8, 4) is 0 Å². The smallest absolute Gasteiger partial charge is 0.152 e. The van der Waals surface area contributed by atoms with Crippen molar-refractivity contribution in [3.63, 3.8) is 0 Å². The Morgan fingerprint density at radius 3 is 2.74 bits per heavy atom. The molecule has 1 aromatic rings. The van der Waals surface area contributed by atoms with Crippen LogP contribution in [0, 0.1) is 11.8 Å². The fourth-order valence-corrected chi connectivity index (χ4v) is 3.91. The van der Waals surface area contributed by atoms with E-state index in [9.17, 15) is 4.79 Å². The highest BCUT2D eigenvalue weighted by Crippen LogP contribution is 2.38. The van der Waals surface area contributed by atoms with E-state index in [2.05, 4.69) is 4.90 Å². The number of anilines is 1. The van der Waals surface area contributed by atoms with Crippen LogP contribution in [0.1, 0.15) is 42.5 Å². The Balaban J connectivity index is 1.81. The third kappa shape index (κ3) is 2.64. The van der Waals surface area contributed by atoms with Crippen LogP contribution in [0.3, 0.4) is 0 Å². The number of halogens is 1. The van der Waals surface area contributed by atoms with E-state index in [1.165, 1.54) is 32.1 Å². The second-order valence-electron chi connectivity index (χ2n) is 5.86. The van der Waals surface area contributed by atoms with E-state index in [1.807, 2.05) is 12.1 Å². The van der Waals surface area contributed by atoms with Crippen LogP contribution in [0.5, 0.6) is 0 Å². The van der Waals surface area contributed by atoms with Gasteiger partial charge in [-0.1, -0.05) is 30.9 Å². The molecule has 102 valence electrons. The van der Waals surface area contributed by atoms with Gasteiger partial charge in [-0.25, -0.2) is 0 Å². The van der Waals surface area contributed by atoms with Crippen molar-refractivity contribution in [1.82, 2.24) is 0 Å².